The standard InChI is InChI=1S/C15H20N4O/c1-10-16-14-4-3-13(9-15(14)17-10)18-12-5-7-19(8-6-12)11(2)20/h3-4,9,12,18H,5-8H2,1-2H3,(H,16,17). The molecule has 0 unspecified atom stereocenters. The van der Waals surface area contributed by atoms with Gasteiger partial charge in [-0.15, -0.1) is 0 Å². The van der Waals surface area contributed by atoms with Gasteiger partial charge in [0.15, 0.2) is 0 Å². The first-order chi connectivity index (χ1) is 9.61. The van der Waals surface area contributed by atoms with Crippen molar-refractivity contribution in [3.05, 3.63) is 24.0 Å². The van der Waals surface area contributed by atoms with Crippen LogP contribution in [0.25, 0.3) is 11.0 Å². The van der Waals surface area contributed by atoms with Crippen molar-refractivity contribution in [3.63, 3.8) is 0 Å². The topological polar surface area (TPSA) is 61.0 Å². The molecule has 1 aliphatic rings. The molecule has 0 atom stereocenters. The lowest BCUT2D eigenvalue weighted by Crippen LogP contribution is -2.41. The number of benzene rings is 1. The van der Waals surface area contributed by atoms with E-state index < -0.39 is 0 Å². The minimum atomic E-state index is 0.179. The molecule has 1 amide bonds. The molecule has 3 rings (SSSR count). The van der Waals surface area contributed by atoms with E-state index in [9.17, 15) is 4.79 Å². The SMILES string of the molecule is CC(=O)N1CCC(Nc2ccc3nc(C)[nH]c3c2)CC1. The van der Waals surface area contributed by atoms with Crippen LogP contribution in [0.15, 0.2) is 18.2 Å². The van der Waals surface area contributed by atoms with Gasteiger partial charge in [0, 0.05) is 31.7 Å². The molecule has 1 saturated heterocycles. The highest BCUT2D eigenvalue weighted by Crippen LogP contribution is 2.20. The van der Waals surface area contributed by atoms with Crippen LogP contribution in [-0.2, 0) is 4.79 Å². The fourth-order valence-electron chi connectivity index (χ4n) is 2.80. The smallest absolute Gasteiger partial charge is 0.219 e. The van der Waals surface area contributed by atoms with Crippen molar-refractivity contribution in [2.75, 3.05) is 18.4 Å². The molecule has 0 saturated carbocycles. The zero-order chi connectivity index (χ0) is 14.1. The van der Waals surface area contributed by atoms with Crippen molar-refractivity contribution >= 4 is 22.6 Å². The van der Waals surface area contributed by atoms with Gasteiger partial charge in [0.25, 0.3) is 0 Å². The maximum Gasteiger partial charge on any atom is 0.219 e. The zero-order valence-corrected chi connectivity index (χ0v) is 11.9. The summed E-state index contributed by atoms with van der Waals surface area (Å²) in [6.07, 6.45) is 2.00. The van der Waals surface area contributed by atoms with Crippen molar-refractivity contribution < 1.29 is 4.79 Å². The normalized spacial score (nSPS) is 16.6. The van der Waals surface area contributed by atoms with E-state index in [1.54, 1.807) is 6.92 Å². The molecule has 1 aromatic carbocycles. The Kier molecular flexibility index (Phi) is 3.34. The van der Waals surface area contributed by atoms with Gasteiger partial charge < -0.3 is 15.2 Å². The average Bonchev–Trinajstić information content (AvgIpc) is 2.78. The Morgan fingerprint density at radius 2 is 2.15 bits per heavy atom. The molecular weight excluding hydrogens is 252 g/mol. The highest BCUT2D eigenvalue weighted by molar-refractivity contribution is 5.79. The molecule has 2 N–H and O–H groups in total. The molecule has 1 fully saturated rings. The van der Waals surface area contributed by atoms with Gasteiger partial charge in [-0.2, -0.15) is 0 Å². The lowest BCUT2D eigenvalue weighted by molar-refractivity contribution is -0.129. The largest absolute Gasteiger partial charge is 0.382 e. The first kappa shape index (κ1) is 13.0. The number of H-pyrrole nitrogens is 1. The second-order valence-corrected chi connectivity index (χ2v) is 5.48. The number of aryl methyl sites for hydroxylation is 1. The van der Waals surface area contributed by atoms with Gasteiger partial charge in [-0.3, -0.25) is 4.79 Å². The Morgan fingerprint density at radius 3 is 2.85 bits per heavy atom. The van der Waals surface area contributed by atoms with Crippen LogP contribution in [0, 0.1) is 6.92 Å². The van der Waals surface area contributed by atoms with Gasteiger partial charge in [-0.1, -0.05) is 0 Å². The number of hydrogen-bond donors (Lipinski definition) is 2. The first-order valence-electron chi connectivity index (χ1n) is 7.10. The van der Waals surface area contributed by atoms with Crippen molar-refractivity contribution in [2.45, 2.75) is 32.7 Å². The van der Waals surface area contributed by atoms with E-state index in [2.05, 4.69) is 27.4 Å². The summed E-state index contributed by atoms with van der Waals surface area (Å²) in [5.41, 5.74) is 3.18. The van der Waals surface area contributed by atoms with Crippen LogP contribution < -0.4 is 5.32 Å². The number of aromatic nitrogens is 2. The number of likely N-dealkylation sites (tertiary alicyclic amines) is 1. The molecule has 5 nitrogen and oxygen atoms in total. The highest BCUT2D eigenvalue weighted by atomic mass is 16.2. The number of carbonyl (C=O) groups excluding carboxylic acids is 1. The second kappa shape index (κ2) is 5.15. The third-order valence-electron chi connectivity index (χ3n) is 3.91. The Morgan fingerprint density at radius 1 is 1.40 bits per heavy atom. The first-order valence-corrected chi connectivity index (χ1v) is 7.10. The van der Waals surface area contributed by atoms with Crippen LogP contribution in [-0.4, -0.2) is 39.9 Å². The molecule has 0 radical (unpaired) electrons. The van der Waals surface area contributed by atoms with Crippen molar-refractivity contribution in [3.8, 4) is 0 Å². The maximum atomic E-state index is 11.3. The van der Waals surface area contributed by atoms with E-state index in [1.165, 1.54) is 0 Å². The monoisotopic (exact) mass is 272 g/mol. The summed E-state index contributed by atoms with van der Waals surface area (Å²) in [6, 6.07) is 6.64. The number of amides is 1. The molecule has 1 aromatic heterocycles. The minimum absolute atomic E-state index is 0.179. The van der Waals surface area contributed by atoms with E-state index in [0.717, 1.165) is 48.5 Å². The molecule has 0 bridgehead atoms. The molecule has 1 aliphatic heterocycles. The molecule has 2 aromatic rings. The second-order valence-electron chi connectivity index (χ2n) is 5.48. The van der Waals surface area contributed by atoms with Gasteiger partial charge in [-0.25, -0.2) is 4.98 Å². The van der Waals surface area contributed by atoms with Crippen LogP contribution in [0.2, 0.25) is 0 Å². The molecule has 20 heavy (non-hydrogen) atoms. The Labute approximate surface area is 118 Å². The van der Waals surface area contributed by atoms with Gasteiger partial charge in [0.1, 0.15) is 5.82 Å². The van der Waals surface area contributed by atoms with Crippen molar-refractivity contribution in [1.29, 1.82) is 0 Å². The molecule has 0 spiro atoms. The summed E-state index contributed by atoms with van der Waals surface area (Å²) in [5, 5.41) is 3.56. The average molecular weight is 272 g/mol. The predicted octanol–water partition coefficient (Wildman–Crippen LogP) is 2.29. The molecule has 2 heterocycles. The number of nitrogens with one attached hydrogen (secondary N) is 2. The third kappa shape index (κ3) is 2.61. The van der Waals surface area contributed by atoms with Gasteiger partial charge >= 0.3 is 0 Å². The summed E-state index contributed by atoms with van der Waals surface area (Å²) < 4.78 is 0. The highest BCUT2D eigenvalue weighted by Gasteiger charge is 2.20. The van der Waals surface area contributed by atoms with Crippen LogP contribution in [0.4, 0.5) is 5.69 Å². The number of piperidine rings is 1. The molecule has 0 aliphatic carbocycles. The maximum absolute atomic E-state index is 11.3. The minimum Gasteiger partial charge on any atom is -0.382 e. The van der Waals surface area contributed by atoms with Crippen LogP contribution >= 0.6 is 0 Å². The van der Waals surface area contributed by atoms with Gasteiger partial charge in [0.2, 0.25) is 5.91 Å². The van der Waals surface area contributed by atoms with Gasteiger partial charge in [0.05, 0.1) is 11.0 Å². The van der Waals surface area contributed by atoms with Crippen LogP contribution in [0.5, 0.6) is 0 Å². The molecule has 106 valence electrons. The number of rotatable bonds is 2. The number of hydrogen-bond acceptors (Lipinski definition) is 3. The summed E-state index contributed by atoms with van der Waals surface area (Å²) in [6.45, 7) is 5.30. The quantitative estimate of drug-likeness (QED) is 0.881. The summed E-state index contributed by atoms with van der Waals surface area (Å²) in [4.78, 5) is 20.9. The van der Waals surface area contributed by atoms with Crippen molar-refractivity contribution in [2.24, 2.45) is 0 Å². The van der Waals surface area contributed by atoms with Crippen LogP contribution in [0.1, 0.15) is 25.6 Å². The van der Waals surface area contributed by atoms with Crippen LogP contribution in [0.3, 0.4) is 0 Å². The summed E-state index contributed by atoms with van der Waals surface area (Å²) in [5.74, 6) is 1.12. The van der Waals surface area contributed by atoms with E-state index >= 15 is 0 Å². The lowest BCUT2D eigenvalue weighted by Gasteiger charge is -2.32. The lowest BCUT2D eigenvalue weighted by atomic mass is 10.0. The Hall–Kier alpha value is -2.04. The Bertz CT molecular complexity index is 626. The number of fused-ring (bicyclic) bond motifs is 1. The zero-order valence-electron chi connectivity index (χ0n) is 11.9. The Balaban J connectivity index is 1.66. The number of imidazole rings is 1. The molecular formula is C15H20N4O. The third-order valence-corrected chi connectivity index (χ3v) is 3.91. The van der Waals surface area contributed by atoms with E-state index in [0.29, 0.717) is 6.04 Å². The number of nitrogens with zero attached hydrogens (tertiary/aromatic N) is 2. The number of aromatic amines is 1. The summed E-state index contributed by atoms with van der Waals surface area (Å²) >= 11 is 0. The van der Waals surface area contributed by atoms with E-state index in [1.807, 2.05) is 17.9 Å². The molecule has 5 heteroatoms. The fourth-order valence-corrected chi connectivity index (χ4v) is 2.80. The number of carbonyl (C=O) groups is 1. The van der Waals surface area contributed by atoms with E-state index in [4.69, 9.17) is 0 Å². The predicted molar refractivity (Wildman–Crippen MR) is 79.7 cm³/mol. The summed E-state index contributed by atoms with van der Waals surface area (Å²) in [7, 11) is 0. The van der Waals surface area contributed by atoms with Gasteiger partial charge in [-0.05, 0) is 38.0 Å². The van der Waals surface area contributed by atoms with Crippen molar-refractivity contribution in [1.82, 2.24) is 14.9 Å². The van der Waals surface area contributed by atoms with E-state index in [-0.39, 0.29) is 5.91 Å². The fraction of sp³-hybridized carbons (Fsp3) is 0.467. The number of anilines is 1.